The molecule has 1 aromatic heterocycles. The van der Waals surface area contributed by atoms with Crippen molar-refractivity contribution in [3.63, 3.8) is 0 Å². The maximum absolute atomic E-state index is 13.1. The Morgan fingerprint density at radius 3 is 2.16 bits per heavy atom. The molecule has 0 radical (unpaired) electrons. The van der Waals surface area contributed by atoms with Gasteiger partial charge in [-0.1, -0.05) is 17.4 Å². The number of hydrogen-bond donors (Lipinski definition) is 0. The maximum atomic E-state index is 13.1. The zero-order valence-electron chi connectivity index (χ0n) is 18.6. The lowest BCUT2D eigenvalue weighted by Gasteiger charge is -2.16. The van der Waals surface area contributed by atoms with E-state index in [1.165, 1.54) is 11.3 Å². The van der Waals surface area contributed by atoms with Gasteiger partial charge in [-0.3, -0.25) is 4.79 Å². The average Bonchev–Trinajstić information content (AvgIpc) is 3.13. The van der Waals surface area contributed by atoms with Gasteiger partial charge in [0.1, 0.15) is 11.3 Å². The highest BCUT2D eigenvalue weighted by Crippen LogP contribution is 2.39. The van der Waals surface area contributed by atoms with Crippen LogP contribution in [0.4, 0.5) is 0 Å². The van der Waals surface area contributed by atoms with Crippen molar-refractivity contribution in [1.29, 1.82) is 0 Å². The number of ether oxygens (including phenoxy) is 4. The van der Waals surface area contributed by atoms with Crippen LogP contribution in [0.1, 0.15) is 38.1 Å². The summed E-state index contributed by atoms with van der Waals surface area (Å²) in [5, 5.41) is 0. The van der Waals surface area contributed by atoms with Crippen LogP contribution in [0.2, 0.25) is 0 Å². The molecule has 0 atom stereocenters. The molecule has 166 valence electrons. The highest BCUT2D eigenvalue weighted by Gasteiger charge is 2.19. The molecule has 1 heterocycles. The monoisotopic (exact) mass is 444 g/mol. The van der Waals surface area contributed by atoms with Crippen LogP contribution in [0, 0.1) is 0 Å². The molecule has 3 aromatic rings. The minimum atomic E-state index is -0.377. The number of aromatic nitrogens is 1. The first-order valence-corrected chi connectivity index (χ1v) is 11.2. The number of para-hydroxylation sites is 1. The van der Waals surface area contributed by atoms with E-state index in [0.717, 1.165) is 16.0 Å². The van der Waals surface area contributed by atoms with Crippen LogP contribution in [-0.4, -0.2) is 37.4 Å². The number of hydrogen-bond acceptors (Lipinski definition) is 6. The van der Waals surface area contributed by atoms with Gasteiger partial charge in [0.25, 0.3) is 5.91 Å². The summed E-state index contributed by atoms with van der Waals surface area (Å²) in [6.07, 6.45) is 0. The Kier molecular flexibility index (Phi) is 7.57. The Morgan fingerprint density at radius 1 is 0.968 bits per heavy atom. The SMILES string of the molecule is CCOc1cc(C(=O)N=c2sc3cccc(OC)c3n2CC)cc(OCC)c1OCC. The summed E-state index contributed by atoms with van der Waals surface area (Å²) in [4.78, 5) is 18.2. The van der Waals surface area contributed by atoms with Gasteiger partial charge >= 0.3 is 0 Å². The Hall–Kier alpha value is -3.00. The minimum Gasteiger partial charge on any atom is -0.495 e. The fourth-order valence-corrected chi connectivity index (χ4v) is 4.41. The smallest absolute Gasteiger partial charge is 0.279 e. The zero-order valence-corrected chi connectivity index (χ0v) is 19.4. The molecule has 1 amide bonds. The lowest BCUT2D eigenvalue weighted by atomic mass is 10.1. The normalized spacial score (nSPS) is 11.6. The Labute approximate surface area is 185 Å². The lowest BCUT2D eigenvalue weighted by molar-refractivity contribution is 0.0996. The third-order valence-corrected chi connectivity index (χ3v) is 5.60. The van der Waals surface area contributed by atoms with E-state index in [2.05, 4.69) is 4.99 Å². The van der Waals surface area contributed by atoms with E-state index in [4.69, 9.17) is 18.9 Å². The molecule has 0 bridgehead atoms. The second-order valence-electron chi connectivity index (χ2n) is 6.45. The number of fused-ring (bicyclic) bond motifs is 1. The van der Waals surface area contributed by atoms with E-state index in [9.17, 15) is 4.79 Å². The Morgan fingerprint density at radius 2 is 1.61 bits per heavy atom. The van der Waals surface area contributed by atoms with Crippen molar-refractivity contribution in [3.05, 3.63) is 40.7 Å². The number of methoxy groups -OCH3 is 1. The van der Waals surface area contributed by atoms with Gasteiger partial charge in [-0.25, -0.2) is 0 Å². The first-order chi connectivity index (χ1) is 15.1. The van der Waals surface area contributed by atoms with Gasteiger partial charge in [-0.05, 0) is 52.0 Å². The average molecular weight is 445 g/mol. The first-order valence-electron chi connectivity index (χ1n) is 10.4. The molecule has 0 saturated carbocycles. The summed E-state index contributed by atoms with van der Waals surface area (Å²) in [7, 11) is 1.64. The lowest BCUT2D eigenvalue weighted by Crippen LogP contribution is -2.16. The van der Waals surface area contributed by atoms with E-state index in [0.29, 0.717) is 54.0 Å². The molecule has 0 spiro atoms. The second kappa shape index (κ2) is 10.3. The number of thiazole rings is 1. The molecule has 0 fully saturated rings. The number of amides is 1. The molecule has 0 saturated heterocycles. The summed E-state index contributed by atoms with van der Waals surface area (Å²) in [6, 6.07) is 9.15. The van der Waals surface area contributed by atoms with E-state index in [-0.39, 0.29) is 5.91 Å². The summed E-state index contributed by atoms with van der Waals surface area (Å²) < 4.78 is 25.7. The van der Waals surface area contributed by atoms with E-state index in [1.807, 2.05) is 50.5 Å². The molecular weight excluding hydrogens is 416 g/mol. The van der Waals surface area contributed by atoms with Crippen LogP contribution >= 0.6 is 11.3 Å². The number of carbonyl (C=O) groups excluding carboxylic acids is 1. The van der Waals surface area contributed by atoms with Gasteiger partial charge in [-0.15, -0.1) is 0 Å². The highest BCUT2D eigenvalue weighted by molar-refractivity contribution is 7.16. The summed E-state index contributed by atoms with van der Waals surface area (Å²) in [5.74, 6) is 1.81. The van der Waals surface area contributed by atoms with Crippen LogP contribution in [0.25, 0.3) is 10.2 Å². The van der Waals surface area contributed by atoms with Crippen molar-refractivity contribution < 1.29 is 23.7 Å². The van der Waals surface area contributed by atoms with Gasteiger partial charge in [0.05, 0.1) is 31.6 Å². The summed E-state index contributed by atoms with van der Waals surface area (Å²) >= 11 is 1.45. The van der Waals surface area contributed by atoms with Gasteiger partial charge in [0.2, 0.25) is 5.75 Å². The van der Waals surface area contributed by atoms with Crippen molar-refractivity contribution in [2.75, 3.05) is 26.9 Å². The third kappa shape index (κ3) is 4.69. The third-order valence-electron chi connectivity index (χ3n) is 4.55. The topological polar surface area (TPSA) is 71.3 Å². The standard InChI is InChI=1S/C23H28N2O5S/c1-6-25-20-16(27-5)11-10-12-19(20)31-23(25)24-22(26)15-13-17(28-7-2)21(30-9-4)18(14-15)29-8-3/h10-14H,6-9H2,1-5H3. The van der Waals surface area contributed by atoms with Gasteiger partial charge in [0, 0.05) is 12.1 Å². The van der Waals surface area contributed by atoms with Crippen LogP contribution in [0.5, 0.6) is 23.0 Å². The van der Waals surface area contributed by atoms with Crippen molar-refractivity contribution in [2.45, 2.75) is 34.2 Å². The van der Waals surface area contributed by atoms with Gasteiger partial charge in [0.15, 0.2) is 16.3 Å². The van der Waals surface area contributed by atoms with Crippen molar-refractivity contribution in [1.82, 2.24) is 4.57 Å². The minimum absolute atomic E-state index is 0.377. The molecule has 0 unspecified atom stereocenters. The number of rotatable bonds is 9. The van der Waals surface area contributed by atoms with Crippen molar-refractivity contribution in [3.8, 4) is 23.0 Å². The second-order valence-corrected chi connectivity index (χ2v) is 7.46. The fourth-order valence-electron chi connectivity index (χ4n) is 3.30. The quantitative estimate of drug-likeness (QED) is 0.480. The number of aryl methyl sites for hydroxylation is 1. The highest BCUT2D eigenvalue weighted by atomic mass is 32.1. The molecule has 31 heavy (non-hydrogen) atoms. The molecule has 7 nitrogen and oxygen atoms in total. The van der Waals surface area contributed by atoms with Crippen LogP contribution in [-0.2, 0) is 6.54 Å². The van der Waals surface area contributed by atoms with Crippen LogP contribution < -0.4 is 23.7 Å². The fraction of sp³-hybridized carbons (Fsp3) is 0.391. The predicted molar refractivity (Wildman–Crippen MR) is 122 cm³/mol. The van der Waals surface area contributed by atoms with Crippen LogP contribution in [0.15, 0.2) is 35.3 Å². The van der Waals surface area contributed by atoms with Crippen molar-refractivity contribution >= 4 is 27.5 Å². The van der Waals surface area contributed by atoms with Crippen molar-refractivity contribution in [2.24, 2.45) is 4.99 Å². The molecule has 0 aliphatic rings. The van der Waals surface area contributed by atoms with Crippen LogP contribution in [0.3, 0.4) is 0 Å². The Balaban J connectivity index is 2.14. The maximum Gasteiger partial charge on any atom is 0.279 e. The zero-order chi connectivity index (χ0) is 22.4. The van der Waals surface area contributed by atoms with Gasteiger partial charge in [-0.2, -0.15) is 4.99 Å². The number of carbonyl (C=O) groups is 1. The summed E-state index contributed by atoms with van der Waals surface area (Å²) in [6.45, 7) is 9.65. The van der Waals surface area contributed by atoms with E-state index >= 15 is 0 Å². The molecule has 0 aliphatic heterocycles. The Bertz CT molecular complexity index is 1110. The first kappa shape index (κ1) is 22.7. The molecule has 0 aliphatic carbocycles. The molecule has 3 rings (SSSR count). The van der Waals surface area contributed by atoms with Gasteiger partial charge < -0.3 is 23.5 Å². The summed E-state index contributed by atoms with van der Waals surface area (Å²) in [5.41, 5.74) is 1.31. The molecule has 2 aromatic carbocycles. The number of nitrogens with zero attached hydrogens (tertiary/aromatic N) is 2. The number of benzene rings is 2. The molecule has 8 heteroatoms. The predicted octanol–water partition coefficient (Wildman–Crippen LogP) is 4.67. The van der Waals surface area contributed by atoms with E-state index < -0.39 is 0 Å². The van der Waals surface area contributed by atoms with E-state index in [1.54, 1.807) is 19.2 Å². The molecular formula is C23H28N2O5S. The molecule has 0 N–H and O–H groups in total. The largest absolute Gasteiger partial charge is 0.495 e.